The van der Waals surface area contributed by atoms with Crippen molar-refractivity contribution >= 4 is 23.2 Å². The molecule has 0 unspecified atom stereocenters. The van der Waals surface area contributed by atoms with E-state index in [1.165, 1.54) is 0 Å². The third-order valence-corrected chi connectivity index (χ3v) is 3.65. The number of carbonyl (C=O) groups is 2. The van der Waals surface area contributed by atoms with E-state index in [1.54, 1.807) is 0 Å². The zero-order valence-electron chi connectivity index (χ0n) is 13.5. The summed E-state index contributed by atoms with van der Waals surface area (Å²) >= 11 is 0. The second-order valence-corrected chi connectivity index (χ2v) is 5.82. The van der Waals surface area contributed by atoms with Crippen LogP contribution in [0.15, 0.2) is 60.7 Å². The summed E-state index contributed by atoms with van der Waals surface area (Å²) in [6, 6.07) is 18.5. The Morgan fingerprint density at radius 3 is 1.78 bits per heavy atom. The number of benzene rings is 2. The van der Waals surface area contributed by atoms with Crippen molar-refractivity contribution in [3.05, 3.63) is 60.7 Å². The topological polar surface area (TPSA) is 58.2 Å². The SMILES string of the molecule is CC(C)[C@H](CC(=O)Nc1ccccc1)C(=O)Nc1ccccc1. The summed E-state index contributed by atoms with van der Waals surface area (Å²) in [5, 5.41) is 5.70. The second-order valence-electron chi connectivity index (χ2n) is 5.82. The van der Waals surface area contributed by atoms with E-state index in [9.17, 15) is 9.59 Å². The van der Waals surface area contributed by atoms with Gasteiger partial charge in [0, 0.05) is 23.7 Å². The van der Waals surface area contributed by atoms with Crippen molar-refractivity contribution in [3.63, 3.8) is 0 Å². The van der Waals surface area contributed by atoms with Crippen LogP contribution < -0.4 is 10.6 Å². The summed E-state index contributed by atoms with van der Waals surface area (Å²) in [4.78, 5) is 24.6. The van der Waals surface area contributed by atoms with Crippen molar-refractivity contribution in [1.29, 1.82) is 0 Å². The molecular weight excluding hydrogens is 288 g/mol. The number of anilines is 2. The molecule has 0 aromatic heterocycles. The van der Waals surface area contributed by atoms with Gasteiger partial charge in [-0.15, -0.1) is 0 Å². The highest BCUT2D eigenvalue weighted by atomic mass is 16.2. The molecule has 0 aliphatic heterocycles. The first kappa shape index (κ1) is 16.7. The normalized spacial score (nSPS) is 11.8. The zero-order valence-corrected chi connectivity index (χ0v) is 13.5. The molecule has 0 saturated heterocycles. The third kappa shape index (κ3) is 5.25. The van der Waals surface area contributed by atoms with Crippen molar-refractivity contribution in [3.8, 4) is 0 Å². The number of carbonyl (C=O) groups excluding carboxylic acids is 2. The van der Waals surface area contributed by atoms with Crippen molar-refractivity contribution in [2.45, 2.75) is 20.3 Å². The standard InChI is InChI=1S/C19H22N2O2/c1-14(2)17(19(23)21-16-11-7-4-8-12-16)13-18(22)20-15-9-5-3-6-10-15/h3-12,14,17H,13H2,1-2H3,(H,20,22)(H,21,23)/t17-/m0/s1. The van der Waals surface area contributed by atoms with Crippen LogP contribution in [0.1, 0.15) is 20.3 Å². The summed E-state index contributed by atoms with van der Waals surface area (Å²) in [5.41, 5.74) is 1.48. The predicted octanol–water partition coefficient (Wildman–Crippen LogP) is 3.93. The Morgan fingerprint density at radius 1 is 0.826 bits per heavy atom. The van der Waals surface area contributed by atoms with Gasteiger partial charge in [-0.2, -0.15) is 0 Å². The predicted molar refractivity (Wildman–Crippen MR) is 93.1 cm³/mol. The highest BCUT2D eigenvalue weighted by molar-refractivity contribution is 5.98. The van der Waals surface area contributed by atoms with E-state index in [0.717, 1.165) is 11.4 Å². The average Bonchev–Trinajstić information content (AvgIpc) is 2.54. The van der Waals surface area contributed by atoms with E-state index in [0.29, 0.717) is 0 Å². The monoisotopic (exact) mass is 310 g/mol. The molecule has 0 radical (unpaired) electrons. The molecule has 120 valence electrons. The molecule has 0 heterocycles. The van der Waals surface area contributed by atoms with Crippen LogP contribution in [-0.2, 0) is 9.59 Å². The lowest BCUT2D eigenvalue weighted by Gasteiger charge is -2.20. The highest BCUT2D eigenvalue weighted by Crippen LogP contribution is 2.19. The molecule has 4 nitrogen and oxygen atoms in total. The zero-order chi connectivity index (χ0) is 16.7. The van der Waals surface area contributed by atoms with Gasteiger partial charge in [0.15, 0.2) is 0 Å². The minimum Gasteiger partial charge on any atom is -0.326 e. The van der Waals surface area contributed by atoms with Crippen molar-refractivity contribution in [1.82, 2.24) is 0 Å². The molecule has 1 atom stereocenters. The number of hydrogen-bond acceptors (Lipinski definition) is 2. The van der Waals surface area contributed by atoms with Crippen LogP contribution in [0, 0.1) is 11.8 Å². The number of nitrogens with one attached hydrogen (secondary N) is 2. The van der Waals surface area contributed by atoms with Crippen LogP contribution in [0.3, 0.4) is 0 Å². The van der Waals surface area contributed by atoms with Crippen molar-refractivity contribution in [2.24, 2.45) is 11.8 Å². The van der Waals surface area contributed by atoms with Gasteiger partial charge in [0.1, 0.15) is 0 Å². The Kier molecular flexibility index (Phi) is 5.92. The van der Waals surface area contributed by atoms with E-state index in [1.807, 2.05) is 74.5 Å². The molecule has 2 N–H and O–H groups in total. The molecule has 0 aliphatic carbocycles. The molecule has 2 aromatic carbocycles. The Bertz CT molecular complexity index is 639. The van der Waals surface area contributed by atoms with Gasteiger partial charge in [0.05, 0.1) is 0 Å². The van der Waals surface area contributed by atoms with Gasteiger partial charge >= 0.3 is 0 Å². The van der Waals surface area contributed by atoms with E-state index in [2.05, 4.69) is 10.6 Å². The van der Waals surface area contributed by atoms with Crippen LogP contribution in [0.4, 0.5) is 11.4 Å². The minimum atomic E-state index is -0.376. The maximum atomic E-state index is 12.5. The van der Waals surface area contributed by atoms with Crippen LogP contribution in [0.2, 0.25) is 0 Å². The summed E-state index contributed by atoms with van der Waals surface area (Å²) in [5.74, 6) is -0.591. The molecule has 0 aliphatic rings. The first-order valence-corrected chi connectivity index (χ1v) is 7.77. The Labute approximate surface area is 136 Å². The average molecular weight is 310 g/mol. The number of rotatable bonds is 6. The lowest BCUT2D eigenvalue weighted by atomic mass is 9.91. The van der Waals surface area contributed by atoms with Crippen LogP contribution in [-0.4, -0.2) is 11.8 Å². The molecule has 0 saturated carbocycles. The van der Waals surface area contributed by atoms with Gasteiger partial charge in [-0.25, -0.2) is 0 Å². The molecule has 23 heavy (non-hydrogen) atoms. The fraction of sp³-hybridized carbons (Fsp3) is 0.263. The highest BCUT2D eigenvalue weighted by Gasteiger charge is 2.25. The van der Waals surface area contributed by atoms with Crippen molar-refractivity contribution in [2.75, 3.05) is 10.6 Å². The lowest BCUT2D eigenvalue weighted by Crippen LogP contribution is -2.31. The smallest absolute Gasteiger partial charge is 0.228 e. The quantitative estimate of drug-likeness (QED) is 0.849. The van der Waals surface area contributed by atoms with Gasteiger partial charge in [0.2, 0.25) is 11.8 Å². The molecule has 2 aromatic rings. The minimum absolute atomic E-state index is 0.0697. The van der Waals surface area contributed by atoms with Crippen LogP contribution in [0.25, 0.3) is 0 Å². The van der Waals surface area contributed by atoms with Crippen LogP contribution in [0.5, 0.6) is 0 Å². The number of hydrogen-bond donors (Lipinski definition) is 2. The molecule has 4 heteroatoms. The molecule has 0 fully saturated rings. The first-order chi connectivity index (χ1) is 11.1. The fourth-order valence-electron chi connectivity index (χ4n) is 2.32. The van der Waals surface area contributed by atoms with E-state index in [4.69, 9.17) is 0 Å². The Morgan fingerprint density at radius 2 is 1.30 bits per heavy atom. The molecular formula is C19H22N2O2. The van der Waals surface area contributed by atoms with E-state index >= 15 is 0 Å². The molecule has 0 spiro atoms. The summed E-state index contributed by atoms with van der Waals surface area (Å²) in [6.45, 7) is 3.90. The van der Waals surface area contributed by atoms with E-state index in [-0.39, 0.29) is 30.1 Å². The van der Waals surface area contributed by atoms with E-state index < -0.39 is 0 Å². The van der Waals surface area contributed by atoms with Gasteiger partial charge in [0.25, 0.3) is 0 Å². The van der Waals surface area contributed by atoms with Crippen LogP contribution >= 0.6 is 0 Å². The summed E-state index contributed by atoms with van der Waals surface area (Å²) < 4.78 is 0. The fourth-order valence-corrected chi connectivity index (χ4v) is 2.32. The Balaban J connectivity index is 1.98. The maximum absolute atomic E-state index is 12.5. The third-order valence-electron chi connectivity index (χ3n) is 3.65. The molecule has 0 bridgehead atoms. The maximum Gasteiger partial charge on any atom is 0.228 e. The molecule has 2 rings (SSSR count). The largest absolute Gasteiger partial charge is 0.326 e. The van der Waals surface area contributed by atoms with Crippen molar-refractivity contribution < 1.29 is 9.59 Å². The summed E-state index contributed by atoms with van der Waals surface area (Å²) in [7, 11) is 0. The Hall–Kier alpha value is -2.62. The number of amides is 2. The summed E-state index contributed by atoms with van der Waals surface area (Å²) in [6.07, 6.45) is 0.158. The lowest BCUT2D eigenvalue weighted by molar-refractivity contribution is -0.126. The van der Waals surface area contributed by atoms with Gasteiger partial charge in [-0.05, 0) is 30.2 Å². The second kappa shape index (κ2) is 8.13. The van der Waals surface area contributed by atoms with Gasteiger partial charge in [-0.1, -0.05) is 50.2 Å². The molecule has 2 amide bonds. The number of para-hydroxylation sites is 2. The van der Waals surface area contributed by atoms with Gasteiger partial charge in [-0.3, -0.25) is 9.59 Å². The van der Waals surface area contributed by atoms with Gasteiger partial charge < -0.3 is 10.6 Å². The first-order valence-electron chi connectivity index (χ1n) is 7.77.